The summed E-state index contributed by atoms with van der Waals surface area (Å²) in [6, 6.07) is 8.60. The summed E-state index contributed by atoms with van der Waals surface area (Å²) in [6.45, 7) is 4.28. The molecule has 0 radical (unpaired) electrons. The van der Waals surface area contributed by atoms with Crippen LogP contribution >= 0.6 is 0 Å². The molecule has 1 unspecified atom stereocenters. The number of nitrogens with zero attached hydrogens (tertiary/aromatic N) is 4. The van der Waals surface area contributed by atoms with Crippen LogP contribution in [0.25, 0.3) is 0 Å². The lowest BCUT2D eigenvalue weighted by atomic mass is 10.0. The van der Waals surface area contributed by atoms with Crippen LogP contribution in [0, 0.1) is 0 Å². The maximum absolute atomic E-state index is 5.71. The summed E-state index contributed by atoms with van der Waals surface area (Å²) >= 11 is 0. The second-order valence-corrected chi connectivity index (χ2v) is 7.33. The number of aromatic nitrogens is 2. The predicted molar refractivity (Wildman–Crippen MR) is 106 cm³/mol. The predicted octanol–water partition coefficient (Wildman–Crippen LogP) is 2.39. The Morgan fingerprint density at radius 2 is 2.04 bits per heavy atom. The Morgan fingerprint density at radius 3 is 2.89 bits per heavy atom. The van der Waals surface area contributed by atoms with E-state index in [9.17, 15) is 0 Å². The van der Waals surface area contributed by atoms with Crippen LogP contribution in [0.2, 0.25) is 0 Å². The molecule has 7 heteroatoms. The fourth-order valence-corrected chi connectivity index (χ4v) is 3.61. The van der Waals surface area contributed by atoms with Crippen molar-refractivity contribution in [2.24, 2.45) is 0 Å². The number of hydrogen-bond acceptors (Lipinski definition) is 7. The minimum absolute atomic E-state index is 0.390. The molecule has 2 aliphatic heterocycles. The standard InChI is InChI=1S/C20H27N5O2/c1-24(2)20-21-8-7-19(23-20)22-16-4-3-9-25(14-16)13-15-5-6-17-18(12-15)27-11-10-26-17/h5-8,12,16H,3-4,9-11,13-14H2,1-2H3,(H,21,22,23). The molecule has 7 nitrogen and oxygen atoms in total. The molecule has 2 aliphatic rings. The van der Waals surface area contributed by atoms with Crippen LogP contribution in [0.5, 0.6) is 11.5 Å². The Balaban J connectivity index is 1.37. The van der Waals surface area contributed by atoms with Crippen molar-refractivity contribution in [3.05, 3.63) is 36.0 Å². The van der Waals surface area contributed by atoms with E-state index in [0.717, 1.165) is 49.3 Å². The van der Waals surface area contributed by atoms with E-state index in [1.807, 2.05) is 31.1 Å². The summed E-state index contributed by atoms with van der Waals surface area (Å²) in [7, 11) is 3.91. The van der Waals surface area contributed by atoms with Gasteiger partial charge >= 0.3 is 0 Å². The zero-order valence-corrected chi connectivity index (χ0v) is 16.0. The first-order valence-electron chi connectivity index (χ1n) is 9.55. The van der Waals surface area contributed by atoms with Crippen molar-refractivity contribution in [2.45, 2.75) is 25.4 Å². The van der Waals surface area contributed by atoms with E-state index < -0.39 is 0 Å². The molecule has 1 N–H and O–H groups in total. The summed E-state index contributed by atoms with van der Waals surface area (Å²) in [5.41, 5.74) is 1.26. The van der Waals surface area contributed by atoms with Crippen molar-refractivity contribution in [1.82, 2.24) is 14.9 Å². The zero-order valence-electron chi connectivity index (χ0n) is 16.0. The molecule has 3 heterocycles. The topological polar surface area (TPSA) is 62.8 Å². The average Bonchev–Trinajstić information content (AvgIpc) is 2.68. The molecule has 2 aromatic rings. The molecular formula is C20H27N5O2. The summed E-state index contributed by atoms with van der Waals surface area (Å²) in [5.74, 6) is 3.33. The first kappa shape index (κ1) is 17.9. The van der Waals surface area contributed by atoms with Crippen LogP contribution in [0.3, 0.4) is 0 Å². The van der Waals surface area contributed by atoms with Gasteiger partial charge in [-0.05, 0) is 43.1 Å². The zero-order chi connectivity index (χ0) is 18.6. The van der Waals surface area contributed by atoms with Gasteiger partial charge in [0.05, 0.1) is 0 Å². The van der Waals surface area contributed by atoms with Crippen LogP contribution in [-0.2, 0) is 6.54 Å². The van der Waals surface area contributed by atoms with Crippen LogP contribution in [0.1, 0.15) is 18.4 Å². The van der Waals surface area contributed by atoms with Gasteiger partial charge in [-0.2, -0.15) is 4.98 Å². The Hall–Kier alpha value is -2.54. The SMILES string of the molecule is CN(C)c1nccc(NC2CCCN(Cc3ccc4c(c3)OCCO4)C2)n1. The molecule has 0 saturated carbocycles. The smallest absolute Gasteiger partial charge is 0.226 e. The summed E-state index contributed by atoms with van der Waals surface area (Å²) < 4.78 is 11.3. The Labute approximate surface area is 160 Å². The van der Waals surface area contributed by atoms with E-state index in [1.54, 1.807) is 6.20 Å². The molecule has 0 spiro atoms. The monoisotopic (exact) mass is 369 g/mol. The van der Waals surface area contributed by atoms with E-state index in [4.69, 9.17) is 9.47 Å². The van der Waals surface area contributed by atoms with Gasteiger partial charge in [0.25, 0.3) is 0 Å². The molecule has 1 aromatic carbocycles. The normalized spacial score (nSPS) is 19.6. The van der Waals surface area contributed by atoms with Gasteiger partial charge in [0.15, 0.2) is 11.5 Å². The van der Waals surface area contributed by atoms with Crippen LogP contribution in [-0.4, -0.2) is 61.3 Å². The van der Waals surface area contributed by atoms with Crippen LogP contribution < -0.4 is 19.7 Å². The Bertz CT molecular complexity index is 783. The van der Waals surface area contributed by atoms with E-state index in [0.29, 0.717) is 19.3 Å². The number of fused-ring (bicyclic) bond motifs is 1. The van der Waals surface area contributed by atoms with Crippen molar-refractivity contribution in [3.8, 4) is 11.5 Å². The molecular weight excluding hydrogens is 342 g/mol. The third kappa shape index (κ3) is 4.42. The third-order valence-corrected chi connectivity index (χ3v) is 4.91. The Kier molecular flexibility index (Phi) is 5.29. The fourth-order valence-electron chi connectivity index (χ4n) is 3.61. The number of rotatable bonds is 5. The van der Waals surface area contributed by atoms with Gasteiger partial charge in [-0.25, -0.2) is 4.98 Å². The highest BCUT2D eigenvalue weighted by Crippen LogP contribution is 2.31. The number of nitrogens with one attached hydrogen (secondary N) is 1. The highest BCUT2D eigenvalue weighted by atomic mass is 16.6. The lowest BCUT2D eigenvalue weighted by molar-refractivity contribution is 0.170. The Morgan fingerprint density at radius 1 is 1.19 bits per heavy atom. The highest BCUT2D eigenvalue weighted by molar-refractivity contribution is 5.44. The molecule has 144 valence electrons. The molecule has 0 aliphatic carbocycles. The van der Waals surface area contributed by atoms with E-state index in [-0.39, 0.29) is 0 Å². The van der Waals surface area contributed by atoms with Gasteiger partial charge in [-0.15, -0.1) is 0 Å². The molecule has 1 atom stereocenters. The number of likely N-dealkylation sites (tertiary alicyclic amines) is 1. The molecule has 1 aromatic heterocycles. The van der Waals surface area contributed by atoms with E-state index >= 15 is 0 Å². The number of anilines is 2. The van der Waals surface area contributed by atoms with Crippen molar-refractivity contribution in [1.29, 1.82) is 0 Å². The maximum Gasteiger partial charge on any atom is 0.226 e. The summed E-state index contributed by atoms with van der Waals surface area (Å²) in [5, 5.41) is 3.58. The molecule has 0 amide bonds. The quantitative estimate of drug-likeness (QED) is 0.868. The largest absolute Gasteiger partial charge is 0.486 e. The van der Waals surface area contributed by atoms with Crippen LogP contribution in [0.4, 0.5) is 11.8 Å². The van der Waals surface area contributed by atoms with Gasteiger partial charge in [-0.1, -0.05) is 6.07 Å². The van der Waals surface area contributed by atoms with Crippen molar-refractivity contribution >= 4 is 11.8 Å². The molecule has 0 bridgehead atoms. The first-order chi connectivity index (χ1) is 13.2. The first-order valence-corrected chi connectivity index (χ1v) is 9.55. The summed E-state index contributed by atoms with van der Waals surface area (Å²) in [6.07, 6.45) is 4.13. The maximum atomic E-state index is 5.71. The fraction of sp³-hybridized carbons (Fsp3) is 0.500. The molecule has 27 heavy (non-hydrogen) atoms. The molecule has 4 rings (SSSR count). The number of hydrogen-bond donors (Lipinski definition) is 1. The van der Waals surface area contributed by atoms with Crippen molar-refractivity contribution in [2.75, 3.05) is 50.6 Å². The highest BCUT2D eigenvalue weighted by Gasteiger charge is 2.21. The second kappa shape index (κ2) is 8.00. The second-order valence-electron chi connectivity index (χ2n) is 7.33. The van der Waals surface area contributed by atoms with Gasteiger partial charge in [0, 0.05) is 39.4 Å². The van der Waals surface area contributed by atoms with E-state index in [1.165, 1.54) is 12.0 Å². The van der Waals surface area contributed by atoms with Gasteiger partial charge in [-0.3, -0.25) is 4.90 Å². The van der Waals surface area contributed by atoms with Gasteiger partial charge in [0.1, 0.15) is 19.0 Å². The minimum Gasteiger partial charge on any atom is -0.486 e. The van der Waals surface area contributed by atoms with Crippen molar-refractivity contribution < 1.29 is 9.47 Å². The lowest BCUT2D eigenvalue weighted by Gasteiger charge is -2.33. The van der Waals surface area contributed by atoms with Gasteiger partial charge < -0.3 is 19.7 Å². The number of ether oxygens (including phenoxy) is 2. The van der Waals surface area contributed by atoms with Crippen molar-refractivity contribution in [3.63, 3.8) is 0 Å². The van der Waals surface area contributed by atoms with Gasteiger partial charge in [0.2, 0.25) is 5.95 Å². The van der Waals surface area contributed by atoms with E-state index in [2.05, 4.69) is 32.3 Å². The number of benzene rings is 1. The third-order valence-electron chi connectivity index (χ3n) is 4.91. The summed E-state index contributed by atoms with van der Waals surface area (Å²) in [4.78, 5) is 13.3. The average molecular weight is 369 g/mol. The lowest BCUT2D eigenvalue weighted by Crippen LogP contribution is -2.41. The molecule has 1 saturated heterocycles. The number of piperidine rings is 1. The molecule has 1 fully saturated rings. The van der Waals surface area contributed by atoms with Crippen LogP contribution in [0.15, 0.2) is 30.5 Å². The minimum atomic E-state index is 0.390.